The fourth-order valence-corrected chi connectivity index (χ4v) is 2.79. The number of halogens is 1. The van der Waals surface area contributed by atoms with Crippen molar-refractivity contribution < 1.29 is 4.79 Å². The Morgan fingerprint density at radius 1 is 1.04 bits per heavy atom. The summed E-state index contributed by atoms with van der Waals surface area (Å²) in [6.07, 6.45) is 0.934. The fraction of sp³-hybridized carbons (Fsp3) is 0.316. The maximum absolute atomic E-state index is 12.2. The van der Waals surface area contributed by atoms with Crippen molar-refractivity contribution in [1.29, 1.82) is 0 Å². The lowest BCUT2D eigenvalue weighted by Crippen LogP contribution is -2.36. The van der Waals surface area contributed by atoms with Crippen LogP contribution in [0.3, 0.4) is 0 Å². The van der Waals surface area contributed by atoms with Crippen LogP contribution in [0.5, 0.6) is 0 Å². The minimum atomic E-state index is 0.0110. The molecule has 1 amide bonds. The molecule has 0 aromatic heterocycles. The number of benzene rings is 2. The van der Waals surface area contributed by atoms with Crippen LogP contribution >= 0.6 is 15.9 Å². The highest BCUT2D eigenvalue weighted by atomic mass is 79.9. The maximum atomic E-state index is 12.2. The molecule has 0 unspecified atom stereocenters. The van der Waals surface area contributed by atoms with Crippen LogP contribution in [0.1, 0.15) is 43.5 Å². The minimum Gasteiger partial charge on any atom is -0.348 e. The molecule has 0 aliphatic rings. The molecule has 2 aromatic carbocycles. The summed E-state index contributed by atoms with van der Waals surface area (Å²) in [5, 5.41) is 6.36. The van der Waals surface area contributed by atoms with Gasteiger partial charge in [0.05, 0.1) is 12.6 Å². The van der Waals surface area contributed by atoms with Gasteiger partial charge in [-0.15, -0.1) is 0 Å². The summed E-state index contributed by atoms with van der Waals surface area (Å²) in [6, 6.07) is 18.4. The van der Waals surface area contributed by atoms with Gasteiger partial charge in [0.15, 0.2) is 0 Å². The molecule has 3 nitrogen and oxygen atoms in total. The van der Waals surface area contributed by atoms with Crippen LogP contribution in [0.25, 0.3) is 0 Å². The second-order valence-electron chi connectivity index (χ2n) is 5.59. The van der Waals surface area contributed by atoms with Crippen LogP contribution in [-0.2, 0) is 4.79 Å². The number of carbonyl (C=O) groups is 1. The number of amides is 1. The Morgan fingerprint density at radius 3 is 2.30 bits per heavy atom. The van der Waals surface area contributed by atoms with Crippen LogP contribution in [0.2, 0.25) is 0 Å². The van der Waals surface area contributed by atoms with Gasteiger partial charge in [0.2, 0.25) is 5.91 Å². The van der Waals surface area contributed by atoms with Gasteiger partial charge in [-0.25, -0.2) is 0 Å². The molecule has 122 valence electrons. The second kappa shape index (κ2) is 8.85. The van der Waals surface area contributed by atoms with Crippen LogP contribution in [0, 0.1) is 0 Å². The van der Waals surface area contributed by atoms with E-state index >= 15 is 0 Å². The van der Waals surface area contributed by atoms with E-state index in [2.05, 4.69) is 45.6 Å². The zero-order valence-electron chi connectivity index (χ0n) is 13.6. The van der Waals surface area contributed by atoms with Crippen molar-refractivity contribution in [2.24, 2.45) is 0 Å². The zero-order chi connectivity index (χ0) is 16.7. The molecule has 0 spiro atoms. The van der Waals surface area contributed by atoms with Crippen molar-refractivity contribution in [3.8, 4) is 0 Å². The molecule has 0 heterocycles. The lowest BCUT2D eigenvalue weighted by Gasteiger charge is -2.19. The average Bonchev–Trinajstić information content (AvgIpc) is 2.57. The lowest BCUT2D eigenvalue weighted by atomic mass is 10.0. The monoisotopic (exact) mass is 374 g/mol. The summed E-state index contributed by atoms with van der Waals surface area (Å²) in [5.74, 6) is 0.0110. The van der Waals surface area contributed by atoms with Gasteiger partial charge < -0.3 is 10.6 Å². The smallest absolute Gasteiger partial charge is 0.234 e. The Morgan fingerprint density at radius 2 is 1.70 bits per heavy atom. The Kier molecular flexibility index (Phi) is 6.81. The van der Waals surface area contributed by atoms with E-state index in [9.17, 15) is 4.79 Å². The molecule has 2 atom stereocenters. The van der Waals surface area contributed by atoms with Gasteiger partial charge in [-0.1, -0.05) is 65.3 Å². The second-order valence-corrected chi connectivity index (χ2v) is 6.51. The number of nitrogens with one attached hydrogen (secondary N) is 2. The zero-order valence-corrected chi connectivity index (χ0v) is 15.1. The highest BCUT2D eigenvalue weighted by Gasteiger charge is 2.13. The van der Waals surface area contributed by atoms with E-state index in [4.69, 9.17) is 0 Å². The molecule has 2 aromatic rings. The van der Waals surface area contributed by atoms with Crippen LogP contribution in [0.15, 0.2) is 59.1 Å². The van der Waals surface area contributed by atoms with Gasteiger partial charge in [0, 0.05) is 10.5 Å². The van der Waals surface area contributed by atoms with Crippen LogP contribution < -0.4 is 10.6 Å². The Bertz CT molecular complexity index is 613. The molecule has 0 aliphatic carbocycles. The first-order chi connectivity index (χ1) is 11.1. The number of carbonyl (C=O) groups excluding carboxylic acids is 1. The van der Waals surface area contributed by atoms with Crippen molar-refractivity contribution in [3.63, 3.8) is 0 Å². The summed E-state index contributed by atoms with van der Waals surface area (Å²) in [6.45, 7) is 4.43. The molecule has 2 N–H and O–H groups in total. The predicted molar refractivity (Wildman–Crippen MR) is 98.2 cm³/mol. The van der Waals surface area contributed by atoms with Crippen molar-refractivity contribution in [1.82, 2.24) is 10.6 Å². The van der Waals surface area contributed by atoms with Gasteiger partial charge in [-0.05, 0) is 36.6 Å². The van der Waals surface area contributed by atoms with Crippen LogP contribution in [0.4, 0.5) is 0 Å². The van der Waals surface area contributed by atoms with Crippen molar-refractivity contribution in [3.05, 3.63) is 70.2 Å². The Labute approximate surface area is 146 Å². The van der Waals surface area contributed by atoms with E-state index in [1.807, 2.05) is 49.4 Å². The molecule has 4 heteroatoms. The number of hydrogen-bond acceptors (Lipinski definition) is 2. The molecule has 0 radical (unpaired) electrons. The van der Waals surface area contributed by atoms with Crippen molar-refractivity contribution in [2.45, 2.75) is 32.4 Å². The molecule has 0 saturated heterocycles. The largest absolute Gasteiger partial charge is 0.348 e. The number of rotatable bonds is 7. The molecular formula is C19H23BrN2O. The van der Waals surface area contributed by atoms with Crippen LogP contribution in [-0.4, -0.2) is 12.5 Å². The van der Waals surface area contributed by atoms with E-state index in [1.165, 1.54) is 5.56 Å². The summed E-state index contributed by atoms with van der Waals surface area (Å²) in [4.78, 5) is 12.2. The van der Waals surface area contributed by atoms with Crippen molar-refractivity contribution in [2.75, 3.05) is 6.54 Å². The molecule has 2 rings (SSSR count). The average molecular weight is 375 g/mol. The first-order valence-electron chi connectivity index (χ1n) is 7.93. The summed E-state index contributed by atoms with van der Waals surface area (Å²) in [7, 11) is 0. The van der Waals surface area contributed by atoms with Gasteiger partial charge in [0.25, 0.3) is 0 Å². The summed E-state index contributed by atoms with van der Waals surface area (Å²) in [5.41, 5.74) is 2.31. The van der Waals surface area contributed by atoms with E-state index in [-0.39, 0.29) is 18.0 Å². The standard InChI is InChI=1S/C19H23BrN2O/c1-3-18(16-9-11-17(20)12-10-16)21-13-19(23)22-14(2)15-7-5-4-6-8-15/h4-12,14,18,21H,3,13H2,1-2H3,(H,22,23)/t14-,18-/m1/s1. The third kappa shape index (κ3) is 5.48. The van der Waals surface area contributed by atoms with E-state index < -0.39 is 0 Å². The third-order valence-corrected chi connectivity index (χ3v) is 4.40. The first kappa shape index (κ1) is 17.7. The highest BCUT2D eigenvalue weighted by molar-refractivity contribution is 9.10. The topological polar surface area (TPSA) is 41.1 Å². The summed E-state index contributed by atoms with van der Waals surface area (Å²) < 4.78 is 1.06. The number of hydrogen-bond donors (Lipinski definition) is 2. The van der Waals surface area contributed by atoms with Gasteiger partial charge in [-0.2, -0.15) is 0 Å². The molecule has 0 aliphatic heterocycles. The van der Waals surface area contributed by atoms with E-state index in [0.717, 1.165) is 16.5 Å². The van der Waals surface area contributed by atoms with E-state index in [0.29, 0.717) is 6.54 Å². The summed E-state index contributed by atoms with van der Waals surface area (Å²) >= 11 is 3.44. The Hall–Kier alpha value is -1.65. The lowest BCUT2D eigenvalue weighted by molar-refractivity contribution is -0.121. The van der Waals surface area contributed by atoms with E-state index in [1.54, 1.807) is 0 Å². The van der Waals surface area contributed by atoms with Gasteiger partial charge in [0.1, 0.15) is 0 Å². The Balaban J connectivity index is 1.86. The molecule has 0 saturated carbocycles. The first-order valence-corrected chi connectivity index (χ1v) is 8.72. The minimum absolute atomic E-state index is 0.0110. The molecule has 0 bridgehead atoms. The fourth-order valence-electron chi connectivity index (χ4n) is 2.53. The van der Waals surface area contributed by atoms with Gasteiger partial charge in [-0.3, -0.25) is 4.79 Å². The normalized spacial score (nSPS) is 13.3. The highest BCUT2D eigenvalue weighted by Crippen LogP contribution is 2.19. The molecule has 0 fully saturated rings. The quantitative estimate of drug-likeness (QED) is 0.755. The van der Waals surface area contributed by atoms with Gasteiger partial charge >= 0.3 is 0 Å². The predicted octanol–water partition coefficient (Wildman–Crippen LogP) is 4.37. The SMILES string of the molecule is CC[C@@H](NCC(=O)N[C@H](C)c1ccccc1)c1ccc(Br)cc1. The molecule has 23 heavy (non-hydrogen) atoms. The maximum Gasteiger partial charge on any atom is 0.234 e. The van der Waals surface area contributed by atoms with Crippen molar-refractivity contribution >= 4 is 21.8 Å². The molecular weight excluding hydrogens is 352 g/mol. The third-order valence-electron chi connectivity index (χ3n) is 3.87.